The summed E-state index contributed by atoms with van der Waals surface area (Å²) in [5, 5.41) is 10.6. The van der Waals surface area contributed by atoms with Crippen LogP contribution in [-0.2, 0) is 4.79 Å². The summed E-state index contributed by atoms with van der Waals surface area (Å²) in [7, 11) is 0. The Morgan fingerprint density at radius 3 is 2.06 bits per heavy atom. The van der Waals surface area contributed by atoms with Crippen LogP contribution < -0.4 is 5.32 Å². The van der Waals surface area contributed by atoms with Gasteiger partial charge in [0.05, 0.1) is 0 Å². The molecule has 2 N–H and O–H groups in total. The SMILES string of the molecule is O=C(O)CNC(=O)c1ccccc1.[CH3][Sn]([CH3])[CH3]. The van der Waals surface area contributed by atoms with Gasteiger partial charge in [0.15, 0.2) is 0 Å². The van der Waals surface area contributed by atoms with Crippen molar-refractivity contribution in [2.75, 3.05) is 6.54 Å². The molecule has 0 saturated carbocycles. The van der Waals surface area contributed by atoms with E-state index in [0.717, 1.165) is 0 Å². The second kappa shape index (κ2) is 9.04. The molecule has 0 heterocycles. The van der Waals surface area contributed by atoms with Crippen molar-refractivity contribution in [3.8, 4) is 0 Å². The Balaban J connectivity index is 0.000000557. The van der Waals surface area contributed by atoms with E-state index < -0.39 is 25.7 Å². The third kappa shape index (κ3) is 9.86. The summed E-state index contributed by atoms with van der Waals surface area (Å²) in [6.07, 6.45) is 0. The number of benzene rings is 1. The minimum atomic E-state index is -1.05. The van der Waals surface area contributed by atoms with Crippen molar-refractivity contribution in [1.82, 2.24) is 5.32 Å². The maximum atomic E-state index is 11.2. The van der Waals surface area contributed by atoms with Crippen LogP contribution in [0.4, 0.5) is 0 Å². The van der Waals surface area contributed by atoms with Crippen LogP contribution >= 0.6 is 0 Å². The monoisotopic (exact) mass is 344 g/mol. The molecule has 0 aliphatic heterocycles. The number of rotatable bonds is 3. The Morgan fingerprint density at radius 2 is 1.65 bits per heavy atom. The van der Waals surface area contributed by atoms with Gasteiger partial charge in [-0.2, -0.15) is 0 Å². The summed E-state index contributed by atoms with van der Waals surface area (Å²) < 4.78 is 0. The van der Waals surface area contributed by atoms with Crippen molar-refractivity contribution in [3.63, 3.8) is 0 Å². The minimum absolute atomic E-state index is 0.353. The quantitative estimate of drug-likeness (QED) is 0.824. The predicted octanol–water partition coefficient (Wildman–Crippen LogP) is 1.87. The van der Waals surface area contributed by atoms with E-state index in [1.54, 1.807) is 30.3 Å². The molecule has 5 heteroatoms. The van der Waals surface area contributed by atoms with Gasteiger partial charge in [0.25, 0.3) is 5.91 Å². The Bertz CT molecular complexity index is 349. The third-order valence-electron chi connectivity index (χ3n) is 1.44. The van der Waals surface area contributed by atoms with Crippen molar-refractivity contribution in [2.45, 2.75) is 14.8 Å². The average molecular weight is 343 g/mol. The fourth-order valence-electron chi connectivity index (χ4n) is 0.847. The molecule has 1 aromatic carbocycles. The number of hydrogen-bond donors (Lipinski definition) is 2. The van der Waals surface area contributed by atoms with Gasteiger partial charge < -0.3 is 10.4 Å². The standard InChI is InChI=1S/C9H9NO3.3CH3.Sn/c11-8(12)6-10-9(13)7-4-2-1-3-5-7;;;;/h1-5H,6H2,(H,10,13)(H,11,12);3*1H3;. The average Bonchev–Trinajstić information content (AvgIpc) is 2.26. The Hall–Kier alpha value is -1.04. The molecule has 0 aliphatic rings. The molecule has 0 unspecified atom stereocenters. The van der Waals surface area contributed by atoms with Gasteiger partial charge in [-0.3, -0.25) is 9.59 Å². The Morgan fingerprint density at radius 1 is 1.18 bits per heavy atom. The van der Waals surface area contributed by atoms with E-state index in [-0.39, 0.29) is 12.5 Å². The molecule has 0 atom stereocenters. The van der Waals surface area contributed by atoms with E-state index >= 15 is 0 Å². The number of aliphatic carboxylic acids is 1. The molecule has 1 radical (unpaired) electrons. The number of carboxylic acids is 1. The molecular formula is C12H18NO3Sn. The van der Waals surface area contributed by atoms with Crippen LogP contribution in [0.3, 0.4) is 0 Å². The van der Waals surface area contributed by atoms with Crippen molar-refractivity contribution in [3.05, 3.63) is 35.9 Å². The Kier molecular flexibility index (Phi) is 8.48. The molecular weight excluding hydrogens is 325 g/mol. The van der Waals surface area contributed by atoms with E-state index in [2.05, 4.69) is 20.1 Å². The molecule has 1 amide bonds. The number of carboxylic acid groups (broad SMARTS) is 1. The van der Waals surface area contributed by atoms with Gasteiger partial charge >= 0.3 is 40.5 Å². The molecule has 93 valence electrons. The molecule has 17 heavy (non-hydrogen) atoms. The van der Waals surface area contributed by atoms with Crippen LogP contribution in [-0.4, -0.2) is 43.3 Å². The first-order valence-corrected chi connectivity index (χ1v) is 13.8. The summed E-state index contributed by atoms with van der Waals surface area (Å²) in [5.74, 6) is -1.42. The van der Waals surface area contributed by atoms with Crippen LogP contribution in [0.5, 0.6) is 0 Å². The van der Waals surface area contributed by atoms with Crippen LogP contribution in [0.2, 0.25) is 14.8 Å². The molecule has 0 bridgehead atoms. The normalized spacial score (nSPS) is 9.18. The maximum absolute atomic E-state index is 11.2. The zero-order valence-corrected chi connectivity index (χ0v) is 13.2. The summed E-state index contributed by atoms with van der Waals surface area (Å²) in [6, 6.07) is 8.47. The van der Waals surface area contributed by atoms with Gasteiger partial charge in [0.2, 0.25) is 0 Å². The van der Waals surface area contributed by atoms with Crippen LogP contribution in [0.25, 0.3) is 0 Å². The van der Waals surface area contributed by atoms with Crippen LogP contribution in [0.1, 0.15) is 10.4 Å². The molecule has 0 spiro atoms. The molecule has 1 rings (SSSR count). The number of carbonyl (C=O) groups is 2. The van der Waals surface area contributed by atoms with Crippen molar-refractivity contribution < 1.29 is 14.7 Å². The van der Waals surface area contributed by atoms with Crippen molar-refractivity contribution in [2.24, 2.45) is 0 Å². The summed E-state index contributed by atoms with van der Waals surface area (Å²) in [6.45, 7) is -0.353. The fraction of sp³-hybridized carbons (Fsp3) is 0.333. The third-order valence-corrected chi connectivity index (χ3v) is 1.44. The topological polar surface area (TPSA) is 66.4 Å². The summed E-state index contributed by atoms with van der Waals surface area (Å²) >= 11 is -0.543. The second-order valence-electron chi connectivity index (χ2n) is 3.94. The van der Waals surface area contributed by atoms with Crippen LogP contribution in [0.15, 0.2) is 30.3 Å². The first kappa shape index (κ1) is 16.0. The number of hydrogen-bond acceptors (Lipinski definition) is 2. The van der Waals surface area contributed by atoms with E-state index in [1.165, 1.54) is 0 Å². The van der Waals surface area contributed by atoms with E-state index in [4.69, 9.17) is 5.11 Å². The van der Waals surface area contributed by atoms with Gasteiger partial charge in [0.1, 0.15) is 6.54 Å². The van der Waals surface area contributed by atoms with Crippen molar-refractivity contribution >= 4 is 31.6 Å². The number of carbonyl (C=O) groups excluding carboxylic acids is 1. The van der Waals surface area contributed by atoms with Gasteiger partial charge in [-0.05, 0) is 12.1 Å². The van der Waals surface area contributed by atoms with E-state index in [0.29, 0.717) is 5.56 Å². The molecule has 4 nitrogen and oxygen atoms in total. The van der Waals surface area contributed by atoms with Crippen LogP contribution in [0, 0.1) is 0 Å². The Labute approximate surface area is 109 Å². The summed E-state index contributed by atoms with van der Waals surface area (Å²) in [4.78, 5) is 28.4. The number of amides is 1. The van der Waals surface area contributed by atoms with E-state index in [9.17, 15) is 9.59 Å². The zero-order chi connectivity index (χ0) is 13.3. The van der Waals surface area contributed by atoms with E-state index in [1.807, 2.05) is 0 Å². The molecule has 1 aromatic rings. The zero-order valence-electron chi connectivity index (χ0n) is 10.4. The number of nitrogens with one attached hydrogen (secondary N) is 1. The van der Waals surface area contributed by atoms with Gasteiger partial charge in [0, 0.05) is 5.56 Å². The predicted molar refractivity (Wildman–Crippen MR) is 69.8 cm³/mol. The molecule has 0 saturated heterocycles. The molecule has 0 aliphatic carbocycles. The van der Waals surface area contributed by atoms with Gasteiger partial charge in [-0.25, -0.2) is 0 Å². The first-order valence-electron chi connectivity index (χ1n) is 5.25. The second-order valence-corrected chi connectivity index (χ2v) is 12.5. The summed E-state index contributed by atoms with van der Waals surface area (Å²) in [5.41, 5.74) is 0.462. The fourth-order valence-corrected chi connectivity index (χ4v) is 0.847. The van der Waals surface area contributed by atoms with Gasteiger partial charge in [-0.1, -0.05) is 18.2 Å². The first-order chi connectivity index (χ1) is 7.93. The molecule has 0 fully saturated rings. The van der Waals surface area contributed by atoms with Crippen molar-refractivity contribution in [1.29, 1.82) is 0 Å². The van der Waals surface area contributed by atoms with Gasteiger partial charge in [-0.15, -0.1) is 0 Å². The molecule has 0 aromatic heterocycles.